The van der Waals surface area contributed by atoms with Crippen molar-refractivity contribution in [3.63, 3.8) is 0 Å². The van der Waals surface area contributed by atoms with E-state index in [1.54, 1.807) is 4.90 Å². The van der Waals surface area contributed by atoms with E-state index in [0.29, 0.717) is 25.9 Å². The van der Waals surface area contributed by atoms with E-state index in [1.807, 2.05) is 13.8 Å². The first kappa shape index (κ1) is 19.0. The molecule has 1 N–H and O–H groups in total. The van der Waals surface area contributed by atoms with E-state index in [9.17, 15) is 24.4 Å². The van der Waals surface area contributed by atoms with Crippen LogP contribution in [0.15, 0.2) is 12.1 Å². The van der Waals surface area contributed by atoms with Crippen LogP contribution in [0, 0.1) is 20.2 Å². The van der Waals surface area contributed by atoms with Gasteiger partial charge in [0.15, 0.2) is 16.8 Å². The topological polar surface area (TPSA) is 127 Å². The average Bonchev–Trinajstić information content (AvgIpc) is 2.45. The highest BCUT2D eigenvalue weighted by atomic mass is 32.2. The summed E-state index contributed by atoms with van der Waals surface area (Å²) in [5, 5.41) is 22.7. The van der Waals surface area contributed by atoms with Gasteiger partial charge in [0, 0.05) is 25.2 Å². The first-order chi connectivity index (χ1) is 10.8. The van der Waals surface area contributed by atoms with Gasteiger partial charge in [-0.2, -0.15) is 0 Å². The maximum Gasteiger partial charge on any atom is 0.299 e. The molecule has 1 unspecified atom stereocenters. The maximum absolute atomic E-state index is 11.4. The monoisotopic (exact) mass is 345 g/mol. The lowest BCUT2D eigenvalue weighted by atomic mass is 10.1. The lowest BCUT2D eigenvalue weighted by Crippen LogP contribution is -2.26. The zero-order chi connectivity index (χ0) is 17.6. The second-order valence-corrected chi connectivity index (χ2v) is 5.88. The van der Waals surface area contributed by atoms with Crippen LogP contribution in [0.25, 0.3) is 0 Å². The standard InChI is InChI=1S/C13H19N3O6S/c1-3-5-14(6-4-2)13-11(15(17)18)7-10(9-23(21)22)8-12(13)16(19)20/h7-8H,3-6,9H2,1-2H3,(H,21,22). The Hall–Kier alpha value is -2.07. The summed E-state index contributed by atoms with van der Waals surface area (Å²) in [4.78, 5) is 23.0. The first-order valence-corrected chi connectivity index (χ1v) is 8.37. The first-order valence-electron chi connectivity index (χ1n) is 7.09. The molecule has 9 nitrogen and oxygen atoms in total. The Balaban J connectivity index is 3.59. The molecule has 1 rings (SSSR count). The van der Waals surface area contributed by atoms with E-state index in [0.717, 1.165) is 12.1 Å². The minimum Gasteiger partial charge on any atom is -0.360 e. The highest BCUT2D eigenvalue weighted by molar-refractivity contribution is 7.78. The molecule has 0 aliphatic carbocycles. The summed E-state index contributed by atoms with van der Waals surface area (Å²) in [7, 11) is 0. The number of nitro benzene ring substituents is 2. The number of hydrogen-bond acceptors (Lipinski definition) is 6. The molecule has 0 saturated heterocycles. The molecule has 0 heterocycles. The van der Waals surface area contributed by atoms with Crippen molar-refractivity contribution in [1.82, 2.24) is 0 Å². The molecule has 0 saturated carbocycles. The Morgan fingerprint density at radius 3 is 1.83 bits per heavy atom. The van der Waals surface area contributed by atoms with Crippen LogP contribution in [0.1, 0.15) is 32.3 Å². The van der Waals surface area contributed by atoms with Crippen LogP contribution >= 0.6 is 0 Å². The van der Waals surface area contributed by atoms with Gasteiger partial charge in [-0.1, -0.05) is 13.8 Å². The van der Waals surface area contributed by atoms with Crippen LogP contribution in [0.2, 0.25) is 0 Å². The van der Waals surface area contributed by atoms with Gasteiger partial charge in [0.25, 0.3) is 11.4 Å². The van der Waals surface area contributed by atoms with Crippen LogP contribution in [0.4, 0.5) is 17.1 Å². The Bertz CT molecular complexity index is 581. The molecule has 0 spiro atoms. The molecular formula is C13H19N3O6S. The molecule has 1 aromatic carbocycles. The third-order valence-electron chi connectivity index (χ3n) is 3.12. The van der Waals surface area contributed by atoms with E-state index in [-0.39, 0.29) is 11.3 Å². The van der Waals surface area contributed by atoms with E-state index >= 15 is 0 Å². The second-order valence-electron chi connectivity index (χ2n) is 4.95. The van der Waals surface area contributed by atoms with Crippen molar-refractivity contribution in [1.29, 1.82) is 0 Å². The van der Waals surface area contributed by atoms with Crippen LogP contribution in [0.3, 0.4) is 0 Å². The summed E-state index contributed by atoms with van der Waals surface area (Å²) in [6.45, 7) is 4.65. The second kappa shape index (κ2) is 8.53. The predicted molar refractivity (Wildman–Crippen MR) is 87.0 cm³/mol. The van der Waals surface area contributed by atoms with Gasteiger partial charge >= 0.3 is 0 Å². The fraction of sp³-hybridized carbons (Fsp3) is 0.538. The molecule has 0 aliphatic heterocycles. The van der Waals surface area contributed by atoms with Gasteiger partial charge in [0.1, 0.15) is 0 Å². The van der Waals surface area contributed by atoms with Gasteiger partial charge in [0.05, 0.1) is 15.6 Å². The molecule has 1 aromatic rings. The van der Waals surface area contributed by atoms with Gasteiger partial charge < -0.3 is 9.45 Å². The number of anilines is 1. The van der Waals surface area contributed by atoms with Crippen LogP contribution in [-0.4, -0.2) is 31.7 Å². The van der Waals surface area contributed by atoms with E-state index in [1.165, 1.54) is 0 Å². The highest BCUT2D eigenvalue weighted by Crippen LogP contribution is 2.39. The van der Waals surface area contributed by atoms with Crippen LogP contribution < -0.4 is 4.90 Å². The summed E-state index contributed by atoms with van der Waals surface area (Å²) in [5.74, 6) is -0.399. The zero-order valence-corrected chi connectivity index (χ0v) is 13.7. The molecule has 128 valence electrons. The summed E-state index contributed by atoms with van der Waals surface area (Å²) < 4.78 is 19.8. The minimum absolute atomic E-state index is 0.0452. The molecule has 0 amide bonds. The van der Waals surface area contributed by atoms with Crippen molar-refractivity contribution in [2.75, 3.05) is 18.0 Å². The van der Waals surface area contributed by atoms with E-state index < -0.39 is 38.1 Å². The van der Waals surface area contributed by atoms with Gasteiger partial charge in [-0.05, 0) is 18.4 Å². The summed E-state index contributed by atoms with van der Waals surface area (Å²) in [6.07, 6.45) is 1.35. The fourth-order valence-electron chi connectivity index (χ4n) is 2.36. The third kappa shape index (κ3) is 4.96. The van der Waals surface area contributed by atoms with Gasteiger partial charge in [-0.15, -0.1) is 0 Å². The Kier molecular flexibility index (Phi) is 7.04. The van der Waals surface area contributed by atoms with E-state index in [2.05, 4.69) is 0 Å². The number of nitro groups is 2. The lowest BCUT2D eigenvalue weighted by molar-refractivity contribution is -0.392. The average molecular weight is 345 g/mol. The molecule has 10 heteroatoms. The third-order valence-corrected chi connectivity index (χ3v) is 3.70. The van der Waals surface area contributed by atoms with Crippen molar-refractivity contribution in [2.24, 2.45) is 0 Å². The normalized spacial score (nSPS) is 12.0. The number of rotatable bonds is 9. The number of hydrogen-bond donors (Lipinski definition) is 1. The van der Waals surface area contributed by atoms with Gasteiger partial charge in [-0.3, -0.25) is 20.2 Å². The maximum atomic E-state index is 11.4. The summed E-state index contributed by atoms with van der Waals surface area (Å²) >= 11 is -2.24. The summed E-state index contributed by atoms with van der Waals surface area (Å²) in [6, 6.07) is 2.27. The van der Waals surface area contributed by atoms with Crippen molar-refractivity contribution < 1.29 is 18.6 Å². The molecule has 0 fully saturated rings. The largest absolute Gasteiger partial charge is 0.360 e. The van der Waals surface area contributed by atoms with Gasteiger partial charge in [-0.25, -0.2) is 4.21 Å². The van der Waals surface area contributed by atoms with Crippen molar-refractivity contribution in [3.8, 4) is 0 Å². The molecule has 1 atom stereocenters. The molecule has 0 aromatic heterocycles. The Morgan fingerprint density at radius 2 is 1.52 bits per heavy atom. The zero-order valence-electron chi connectivity index (χ0n) is 12.9. The molecular weight excluding hydrogens is 326 g/mol. The fourth-order valence-corrected chi connectivity index (χ4v) is 2.82. The predicted octanol–water partition coefficient (Wildman–Crippen LogP) is 2.85. The Morgan fingerprint density at radius 1 is 1.09 bits per heavy atom. The molecule has 0 aliphatic rings. The molecule has 23 heavy (non-hydrogen) atoms. The van der Waals surface area contributed by atoms with Crippen molar-refractivity contribution in [2.45, 2.75) is 32.4 Å². The smallest absolute Gasteiger partial charge is 0.299 e. The minimum atomic E-state index is -2.24. The van der Waals surface area contributed by atoms with Crippen LogP contribution in [0.5, 0.6) is 0 Å². The molecule has 0 bridgehead atoms. The van der Waals surface area contributed by atoms with Crippen molar-refractivity contribution >= 4 is 28.1 Å². The Labute approximate surface area is 135 Å². The number of nitrogens with zero attached hydrogens (tertiary/aromatic N) is 3. The highest BCUT2D eigenvalue weighted by Gasteiger charge is 2.30. The lowest BCUT2D eigenvalue weighted by Gasteiger charge is -2.23. The number of benzene rings is 1. The quantitative estimate of drug-likeness (QED) is 0.414. The van der Waals surface area contributed by atoms with Gasteiger partial charge in [0.2, 0.25) is 0 Å². The van der Waals surface area contributed by atoms with E-state index in [4.69, 9.17) is 4.55 Å². The van der Waals surface area contributed by atoms with Crippen LogP contribution in [-0.2, 0) is 16.8 Å². The molecule has 0 radical (unpaired) electrons. The summed E-state index contributed by atoms with van der Waals surface area (Å²) in [5.41, 5.74) is -0.791. The SMILES string of the molecule is CCCN(CCC)c1c([N+](=O)[O-])cc(CS(=O)O)cc1[N+](=O)[O-]. The van der Waals surface area contributed by atoms with Crippen molar-refractivity contribution in [3.05, 3.63) is 37.9 Å².